The van der Waals surface area contributed by atoms with Gasteiger partial charge >= 0.3 is 0 Å². The lowest BCUT2D eigenvalue weighted by molar-refractivity contribution is 0.321. The molecule has 1 rings (SSSR count). The van der Waals surface area contributed by atoms with Gasteiger partial charge in [0, 0.05) is 6.20 Å². The van der Waals surface area contributed by atoms with E-state index in [0.717, 1.165) is 0 Å². The van der Waals surface area contributed by atoms with Gasteiger partial charge in [0.1, 0.15) is 0 Å². The number of nitrogens with one attached hydrogen (secondary N) is 1. The van der Waals surface area contributed by atoms with E-state index >= 15 is 0 Å². The first kappa shape index (κ1) is 4.83. The predicted octanol–water partition coefficient (Wildman–Crippen LogP) is 0.218. The van der Waals surface area contributed by atoms with E-state index in [1.165, 1.54) is 6.21 Å². The minimum absolute atomic E-state index is 0.688. The highest BCUT2D eigenvalue weighted by Gasteiger charge is 1.82. The molecule has 0 spiro atoms. The van der Waals surface area contributed by atoms with E-state index in [-0.39, 0.29) is 0 Å². The Morgan fingerprint density at radius 2 is 2.75 bits per heavy atom. The molecule has 0 bridgehead atoms. The summed E-state index contributed by atoms with van der Waals surface area (Å²) in [6, 6.07) is 1.69. The molecule has 0 fully saturated rings. The topological polar surface area (TPSA) is 61.3 Å². The van der Waals surface area contributed by atoms with Gasteiger partial charge in [-0.15, -0.1) is 0 Å². The van der Waals surface area contributed by atoms with E-state index < -0.39 is 0 Å². The summed E-state index contributed by atoms with van der Waals surface area (Å²) in [4.78, 5) is 0. The Balaban J connectivity index is 2.77. The largest absolute Gasteiger partial charge is 0.411 e. The molecule has 0 amide bonds. The first-order chi connectivity index (χ1) is 3.93. The monoisotopic (exact) mass is 111 g/mol. The first-order valence-electron chi connectivity index (χ1n) is 2.10. The van der Waals surface area contributed by atoms with E-state index in [0.29, 0.717) is 5.69 Å². The zero-order valence-corrected chi connectivity index (χ0v) is 4.07. The van der Waals surface area contributed by atoms with Crippen LogP contribution in [0.15, 0.2) is 17.4 Å². The van der Waals surface area contributed by atoms with Gasteiger partial charge in [-0.25, -0.2) is 0 Å². The summed E-state index contributed by atoms with van der Waals surface area (Å²) in [5.41, 5.74) is 0.688. The summed E-state index contributed by atoms with van der Waals surface area (Å²) in [7, 11) is 0. The van der Waals surface area contributed by atoms with Gasteiger partial charge < -0.3 is 5.21 Å². The van der Waals surface area contributed by atoms with Crippen LogP contribution in [0.4, 0.5) is 0 Å². The fourth-order valence-corrected chi connectivity index (χ4v) is 0.401. The molecule has 2 N–H and O–H groups in total. The van der Waals surface area contributed by atoms with Crippen molar-refractivity contribution in [1.82, 2.24) is 10.2 Å². The summed E-state index contributed by atoms with van der Waals surface area (Å²) in [5, 5.41) is 16.9. The van der Waals surface area contributed by atoms with Crippen molar-refractivity contribution >= 4 is 6.21 Å². The molecule has 0 atom stereocenters. The minimum Gasteiger partial charge on any atom is -0.411 e. The Labute approximate surface area is 45.8 Å². The molecule has 8 heavy (non-hydrogen) atoms. The summed E-state index contributed by atoms with van der Waals surface area (Å²) >= 11 is 0. The first-order valence-corrected chi connectivity index (χ1v) is 2.10. The second-order valence-corrected chi connectivity index (χ2v) is 1.26. The Morgan fingerprint density at radius 1 is 1.88 bits per heavy atom. The number of H-pyrrole nitrogens is 1. The van der Waals surface area contributed by atoms with Gasteiger partial charge in [-0.1, -0.05) is 5.16 Å². The van der Waals surface area contributed by atoms with Gasteiger partial charge in [0.05, 0.1) is 11.9 Å². The zero-order chi connectivity index (χ0) is 5.82. The van der Waals surface area contributed by atoms with Crippen LogP contribution >= 0.6 is 0 Å². The van der Waals surface area contributed by atoms with E-state index in [2.05, 4.69) is 15.4 Å². The third-order valence-corrected chi connectivity index (χ3v) is 0.719. The van der Waals surface area contributed by atoms with Crippen molar-refractivity contribution in [3.05, 3.63) is 18.0 Å². The number of nitrogens with zero attached hydrogens (tertiary/aromatic N) is 2. The lowest BCUT2D eigenvalue weighted by Gasteiger charge is -1.74. The molecule has 0 aliphatic carbocycles. The normalized spacial score (nSPS) is 10.5. The van der Waals surface area contributed by atoms with Crippen LogP contribution in [0.5, 0.6) is 0 Å². The number of oxime groups is 1. The highest BCUT2D eigenvalue weighted by Crippen LogP contribution is 1.83. The van der Waals surface area contributed by atoms with E-state index in [1.807, 2.05) is 0 Å². The highest BCUT2D eigenvalue weighted by atomic mass is 16.4. The molecule has 0 aromatic carbocycles. The second-order valence-electron chi connectivity index (χ2n) is 1.26. The van der Waals surface area contributed by atoms with Crippen molar-refractivity contribution in [3.8, 4) is 0 Å². The van der Waals surface area contributed by atoms with Gasteiger partial charge in [0.25, 0.3) is 0 Å². The van der Waals surface area contributed by atoms with Crippen molar-refractivity contribution in [3.63, 3.8) is 0 Å². The molecular weight excluding hydrogens is 106 g/mol. The maximum absolute atomic E-state index is 7.96. The van der Waals surface area contributed by atoms with Crippen molar-refractivity contribution in [2.45, 2.75) is 0 Å². The molecule has 1 aromatic heterocycles. The molecular formula is C4H5N3O. The van der Waals surface area contributed by atoms with Crippen LogP contribution in [-0.4, -0.2) is 21.6 Å². The van der Waals surface area contributed by atoms with Crippen LogP contribution in [0.1, 0.15) is 5.69 Å². The molecule has 1 heterocycles. The van der Waals surface area contributed by atoms with Gasteiger partial charge in [-0.05, 0) is 6.07 Å². The molecule has 0 saturated heterocycles. The third kappa shape index (κ3) is 0.841. The third-order valence-electron chi connectivity index (χ3n) is 0.719. The summed E-state index contributed by atoms with van der Waals surface area (Å²) in [6.45, 7) is 0. The minimum atomic E-state index is 0.688. The van der Waals surface area contributed by atoms with Crippen LogP contribution in [-0.2, 0) is 0 Å². The van der Waals surface area contributed by atoms with E-state index in [4.69, 9.17) is 5.21 Å². The number of aromatic amines is 1. The Hall–Kier alpha value is -1.32. The zero-order valence-electron chi connectivity index (χ0n) is 4.07. The molecule has 42 valence electrons. The number of hydrogen-bond acceptors (Lipinski definition) is 3. The fraction of sp³-hybridized carbons (Fsp3) is 0. The molecule has 0 saturated carbocycles. The number of aromatic nitrogens is 2. The maximum Gasteiger partial charge on any atom is 0.0912 e. The van der Waals surface area contributed by atoms with Gasteiger partial charge in [-0.3, -0.25) is 5.10 Å². The summed E-state index contributed by atoms with van der Waals surface area (Å²) < 4.78 is 0. The van der Waals surface area contributed by atoms with Crippen molar-refractivity contribution in [2.75, 3.05) is 0 Å². The van der Waals surface area contributed by atoms with Crippen molar-refractivity contribution in [1.29, 1.82) is 0 Å². The second kappa shape index (κ2) is 2.11. The van der Waals surface area contributed by atoms with Crippen LogP contribution in [0.25, 0.3) is 0 Å². The van der Waals surface area contributed by atoms with Crippen LogP contribution in [0, 0.1) is 0 Å². The molecule has 1 aromatic rings. The lowest BCUT2D eigenvalue weighted by atomic mass is 10.5. The lowest BCUT2D eigenvalue weighted by Crippen LogP contribution is -1.78. The van der Waals surface area contributed by atoms with E-state index in [9.17, 15) is 0 Å². The smallest absolute Gasteiger partial charge is 0.0912 e. The molecule has 4 heteroatoms. The fourth-order valence-electron chi connectivity index (χ4n) is 0.401. The van der Waals surface area contributed by atoms with Gasteiger partial charge in [0.2, 0.25) is 0 Å². The Morgan fingerprint density at radius 3 is 3.25 bits per heavy atom. The average molecular weight is 111 g/mol. The average Bonchev–Trinajstić information content (AvgIpc) is 2.19. The van der Waals surface area contributed by atoms with Crippen molar-refractivity contribution in [2.24, 2.45) is 5.16 Å². The van der Waals surface area contributed by atoms with Crippen molar-refractivity contribution < 1.29 is 5.21 Å². The molecule has 0 unspecified atom stereocenters. The molecule has 0 radical (unpaired) electrons. The highest BCUT2D eigenvalue weighted by molar-refractivity contribution is 5.75. The Kier molecular flexibility index (Phi) is 1.27. The van der Waals surface area contributed by atoms with Gasteiger partial charge in [0.15, 0.2) is 0 Å². The number of rotatable bonds is 1. The summed E-state index contributed by atoms with van der Waals surface area (Å²) in [6.07, 6.45) is 2.85. The van der Waals surface area contributed by atoms with Crippen LogP contribution in [0.3, 0.4) is 0 Å². The molecule has 0 aliphatic rings. The predicted molar refractivity (Wildman–Crippen MR) is 28.0 cm³/mol. The number of hydrogen-bond donors (Lipinski definition) is 2. The molecule has 0 aliphatic heterocycles. The van der Waals surface area contributed by atoms with Gasteiger partial charge in [-0.2, -0.15) is 5.10 Å². The standard InChI is InChI=1S/C4H5N3O/c8-6-3-4-1-2-5-7-4/h1-3,8H,(H,5,7)/b6-3+. The quantitative estimate of drug-likeness (QED) is 0.309. The maximum atomic E-state index is 7.96. The Bertz CT molecular complexity index is 167. The SMILES string of the molecule is O/N=C/c1ccn[nH]1. The van der Waals surface area contributed by atoms with E-state index in [1.54, 1.807) is 12.3 Å². The van der Waals surface area contributed by atoms with Crippen LogP contribution < -0.4 is 0 Å². The molecule has 4 nitrogen and oxygen atoms in total. The summed E-state index contributed by atoms with van der Waals surface area (Å²) in [5.74, 6) is 0. The van der Waals surface area contributed by atoms with Crippen LogP contribution in [0.2, 0.25) is 0 Å².